The van der Waals surface area contributed by atoms with Crippen LogP contribution >= 0.6 is 11.6 Å². The summed E-state index contributed by atoms with van der Waals surface area (Å²) in [5.74, 6) is -1.32. The number of nitrogens with one attached hydrogen (secondary N) is 2. The van der Waals surface area contributed by atoms with Crippen molar-refractivity contribution in [1.29, 1.82) is 0 Å². The molecule has 0 aliphatic carbocycles. The van der Waals surface area contributed by atoms with E-state index in [-0.39, 0.29) is 17.3 Å². The van der Waals surface area contributed by atoms with Gasteiger partial charge in [-0.3, -0.25) is 14.5 Å². The topological polar surface area (TPSA) is 74.3 Å². The quantitative estimate of drug-likeness (QED) is 0.620. The number of anilines is 1. The lowest BCUT2D eigenvalue weighted by Gasteiger charge is -2.30. The van der Waals surface area contributed by atoms with Crippen molar-refractivity contribution in [3.8, 4) is 0 Å². The summed E-state index contributed by atoms with van der Waals surface area (Å²) in [6.45, 7) is 6.46. The number of pyridine rings is 1. The lowest BCUT2D eigenvalue weighted by molar-refractivity contribution is -0.107. The molecule has 1 aromatic heterocycles. The zero-order chi connectivity index (χ0) is 18.7. The lowest BCUT2D eigenvalue weighted by Crippen LogP contribution is -2.34. The minimum absolute atomic E-state index is 0.0228. The molecule has 25 heavy (non-hydrogen) atoms. The highest BCUT2D eigenvalue weighted by Gasteiger charge is 2.27. The van der Waals surface area contributed by atoms with Gasteiger partial charge < -0.3 is 10.6 Å². The van der Waals surface area contributed by atoms with Gasteiger partial charge in [-0.15, -0.1) is 0 Å². The van der Waals surface area contributed by atoms with E-state index in [0.29, 0.717) is 18.7 Å². The van der Waals surface area contributed by atoms with E-state index in [9.17, 15) is 14.0 Å². The zero-order valence-electron chi connectivity index (χ0n) is 14.5. The summed E-state index contributed by atoms with van der Waals surface area (Å²) < 4.78 is 13.8. The second-order valence-corrected chi connectivity index (χ2v) is 6.23. The van der Waals surface area contributed by atoms with Crippen LogP contribution in [0.2, 0.25) is 5.15 Å². The summed E-state index contributed by atoms with van der Waals surface area (Å²) in [4.78, 5) is 29.2. The van der Waals surface area contributed by atoms with Crippen molar-refractivity contribution in [3.63, 3.8) is 0 Å². The number of rotatable bonds is 5. The number of dihydropyridines is 1. The van der Waals surface area contributed by atoms with Crippen LogP contribution in [0, 0.1) is 11.7 Å². The van der Waals surface area contributed by atoms with Gasteiger partial charge >= 0.3 is 0 Å². The van der Waals surface area contributed by atoms with Gasteiger partial charge in [0.2, 0.25) is 6.41 Å². The second-order valence-electron chi connectivity index (χ2n) is 5.87. The normalized spacial score (nSPS) is 14.1. The Labute approximate surface area is 150 Å². The third-order valence-electron chi connectivity index (χ3n) is 3.87. The van der Waals surface area contributed by atoms with Gasteiger partial charge in [0.1, 0.15) is 0 Å². The number of amides is 2. The average molecular weight is 367 g/mol. The highest BCUT2D eigenvalue weighted by atomic mass is 35.5. The Morgan fingerprint density at radius 2 is 2.20 bits per heavy atom. The van der Waals surface area contributed by atoms with E-state index >= 15 is 0 Å². The van der Waals surface area contributed by atoms with Crippen LogP contribution in [-0.2, 0) is 4.79 Å². The molecular formula is C17H20ClFN4O2. The molecule has 0 saturated heterocycles. The third kappa shape index (κ3) is 3.66. The number of carbonyl (C=O) groups excluding carboxylic acids is 2. The number of allylic oxidation sites excluding steroid dienone is 2. The molecule has 1 aromatic rings. The molecule has 0 aromatic carbocycles. The summed E-state index contributed by atoms with van der Waals surface area (Å²) in [7, 11) is 1.41. The maximum absolute atomic E-state index is 13.8. The highest BCUT2D eigenvalue weighted by Crippen LogP contribution is 2.31. The molecule has 0 radical (unpaired) electrons. The fourth-order valence-corrected chi connectivity index (χ4v) is 2.79. The van der Waals surface area contributed by atoms with Crippen LogP contribution in [0.4, 0.5) is 10.2 Å². The number of carbonyl (C=O) groups is 2. The standard InChI is InChI=1S/C17H20ClFN4O2/c1-9(2)13-14(10(3)5-6-21-13)23(8-24)16-11(17(25)20-4)7-12(19)15(18)22-16/h5,7-9,21H,6H2,1-4H3,(H,20,25). The van der Waals surface area contributed by atoms with Gasteiger partial charge in [-0.1, -0.05) is 31.5 Å². The average Bonchev–Trinajstić information content (AvgIpc) is 2.58. The van der Waals surface area contributed by atoms with Crippen LogP contribution in [-0.4, -0.2) is 30.9 Å². The maximum atomic E-state index is 13.8. The summed E-state index contributed by atoms with van der Waals surface area (Å²) in [6, 6.07) is 0.977. The maximum Gasteiger partial charge on any atom is 0.254 e. The van der Waals surface area contributed by atoms with Crippen LogP contribution in [0.25, 0.3) is 0 Å². The van der Waals surface area contributed by atoms with Crippen LogP contribution < -0.4 is 15.5 Å². The largest absolute Gasteiger partial charge is 0.383 e. The number of nitrogens with zero attached hydrogens (tertiary/aromatic N) is 2. The van der Waals surface area contributed by atoms with E-state index in [1.807, 2.05) is 26.8 Å². The lowest BCUT2D eigenvalue weighted by atomic mass is 9.99. The van der Waals surface area contributed by atoms with Crippen LogP contribution in [0.15, 0.2) is 29.1 Å². The van der Waals surface area contributed by atoms with Crippen molar-refractivity contribution in [2.24, 2.45) is 5.92 Å². The van der Waals surface area contributed by atoms with Crippen LogP contribution in [0.1, 0.15) is 31.1 Å². The number of aromatic nitrogens is 1. The Balaban J connectivity index is 2.73. The molecule has 134 valence electrons. The molecule has 0 fully saturated rings. The molecule has 6 nitrogen and oxygen atoms in total. The van der Waals surface area contributed by atoms with Crippen molar-refractivity contribution in [3.05, 3.63) is 45.6 Å². The SMILES string of the molecule is CNC(=O)c1cc(F)c(Cl)nc1N(C=O)C1=C(C(C)C)NCC=C1C. The number of hydrogen-bond donors (Lipinski definition) is 2. The minimum atomic E-state index is -0.832. The van der Waals surface area contributed by atoms with Crippen molar-refractivity contribution < 1.29 is 14.0 Å². The molecule has 0 spiro atoms. The highest BCUT2D eigenvalue weighted by molar-refractivity contribution is 6.29. The van der Waals surface area contributed by atoms with Crippen molar-refractivity contribution >= 4 is 29.7 Å². The van der Waals surface area contributed by atoms with Crippen molar-refractivity contribution in [1.82, 2.24) is 15.6 Å². The van der Waals surface area contributed by atoms with Crippen molar-refractivity contribution in [2.45, 2.75) is 20.8 Å². The third-order valence-corrected chi connectivity index (χ3v) is 4.13. The smallest absolute Gasteiger partial charge is 0.254 e. The van der Waals surface area contributed by atoms with Crippen LogP contribution in [0.3, 0.4) is 0 Å². The van der Waals surface area contributed by atoms with E-state index in [2.05, 4.69) is 15.6 Å². The van der Waals surface area contributed by atoms with E-state index in [1.165, 1.54) is 11.9 Å². The second kappa shape index (κ2) is 7.65. The first kappa shape index (κ1) is 18.9. The molecule has 2 heterocycles. The van der Waals surface area contributed by atoms with Gasteiger partial charge in [-0.05, 0) is 24.5 Å². The van der Waals surface area contributed by atoms with Gasteiger partial charge in [0, 0.05) is 19.3 Å². The molecule has 0 unspecified atom stereocenters. The molecule has 0 atom stereocenters. The minimum Gasteiger partial charge on any atom is -0.383 e. The summed E-state index contributed by atoms with van der Waals surface area (Å²) >= 11 is 5.80. The van der Waals surface area contributed by atoms with E-state index < -0.39 is 16.9 Å². The van der Waals surface area contributed by atoms with Crippen LogP contribution in [0.5, 0.6) is 0 Å². The van der Waals surface area contributed by atoms with E-state index in [1.54, 1.807) is 0 Å². The van der Waals surface area contributed by atoms with Gasteiger partial charge in [0.25, 0.3) is 5.91 Å². The Hall–Kier alpha value is -2.41. The molecule has 2 rings (SSSR count). The van der Waals surface area contributed by atoms with Gasteiger partial charge in [0.05, 0.1) is 11.3 Å². The molecular weight excluding hydrogens is 347 g/mol. The Bertz CT molecular complexity index is 774. The molecule has 1 aliphatic rings. The Morgan fingerprint density at radius 3 is 2.76 bits per heavy atom. The molecule has 2 amide bonds. The summed E-state index contributed by atoms with van der Waals surface area (Å²) in [5, 5.41) is 5.25. The Morgan fingerprint density at radius 1 is 1.52 bits per heavy atom. The van der Waals surface area contributed by atoms with Gasteiger partial charge in [-0.25, -0.2) is 9.37 Å². The van der Waals surface area contributed by atoms with Crippen molar-refractivity contribution in [2.75, 3.05) is 18.5 Å². The number of halogens is 2. The fraction of sp³-hybridized carbons (Fsp3) is 0.353. The first-order valence-corrected chi connectivity index (χ1v) is 8.17. The first-order valence-electron chi connectivity index (χ1n) is 7.79. The summed E-state index contributed by atoms with van der Waals surface area (Å²) in [5.41, 5.74) is 2.18. The molecule has 0 saturated carbocycles. The Kier molecular flexibility index (Phi) is 5.79. The van der Waals surface area contributed by atoms with E-state index in [0.717, 1.165) is 17.3 Å². The van der Waals surface area contributed by atoms with Gasteiger partial charge in [0.15, 0.2) is 16.8 Å². The first-order chi connectivity index (χ1) is 11.8. The fourth-order valence-electron chi connectivity index (χ4n) is 2.66. The molecule has 2 N–H and O–H groups in total. The molecule has 8 heteroatoms. The molecule has 1 aliphatic heterocycles. The zero-order valence-corrected chi connectivity index (χ0v) is 15.2. The predicted octanol–water partition coefficient (Wildman–Crippen LogP) is 2.61. The van der Waals surface area contributed by atoms with E-state index in [4.69, 9.17) is 11.6 Å². The summed E-state index contributed by atoms with van der Waals surface area (Å²) in [6.07, 6.45) is 2.47. The monoisotopic (exact) mass is 366 g/mol. The molecule has 0 bridgehead atoms. The van der Waals surface area contributed by atoms with Gasteiger partial charge in [-0.2, -0.15) is 0 Å². The number of hydrogen-bond acceptors (Lipinski definition) is 4. The predicted molar refractivity (Wildman–Crippen MR) is 94.8 cm³/mol.